The first-order valence-corrected chi connectivity index (χ1v) is 4.33. The molecule has 0 bridgehead atoms. The first-order chi connectivity index (χ1) is 6.34. The summed E-state index contributed by atoms with van der Waals surface area (Å²) in [5.74, 6) is 0. The maximum atomic E-state index is 10.7. The van der Waals surface area contributed by atoms with E-state index in [1.165, 1.54) is 5.56 Å². The zero-order valence-corrected chi connectivity index (χ0v) is 8.19. The van der Waals surface area contributed by atoms with Gasteiger partial charge in [-0.15, -0.1) is 0 Å². The van der Waals surface area contributed by atoms with E-state index in [2.05, 4.69) is 5.32 Å². The smallest absolute Gasteiger partial charge is 0.444 e. The van der Waals surface area contributed by atoms with Gasteiger partial charge in [0, 0.05) is 6.42 Å². The molecule has 1 aromatic carbocycles. The third kappa shape index (κ3) is 2.80. The molecule has 1 heterocycles. The van der Waals surface area contributed by atoms with Crippen LogP contribution in [0.3, 0.4) is 0 Å². The van der Waals surface area contributed by atoms with Crippen molar-refractivity contribution in [1.29, 1.82) is 0 Å². The second-order valence-corrected chi connectivity index (χ2v) is 3.10. The fourth-order valence-electron chi connectivity index (χ4n) is 1.42. The number of ether oxygens (including phenoxy) is 1. The van der Waals surface area contributed by atoms with E-state index in [1.807, 2.05) is 30.3 Å². The normalized spacial score (nSPS) is 19.4. The molecule has 14 heavy (non-hydrogen) atoms. The SMILES string of the molecule is O=C1NCC(Cc2ccccc2)O1.[Li+]. The first kappa shape index (κ1) is 11.2. The van der Waals surface area contributed by atoms with Crippen molar-refractivity contribution >= 4 is 6.09 Å². The van der Waals surface area contributed by atoms with Crippen molar-refractivity contribution in [2.75, 3.05) is 6.54 Å². The topological polar surface area (TPSA) is 38.3 Å². The standard InChI is InChI=1S/C10H11NO2.Li/c12-10-11-7-9(13-10)6-8-4-2-1-3-5-8;/h1-5,9H,6-7H2,(H,11,12);/q;+1. The van der Waals surface area contributed by atoms with Crippen molar-refractivity contribution in [2.45, 2.75) is 12.5 Å². The monoisotopic (exact) mass is 184 g/mol. The molecule has 1 aliphatic rings. The Balaban J connectivity index is 0.000000980. The number of cyclic esters (lactones) is 1. The molecule has 3 nitrogen and oxygen atoms in total. The van der Waals surface area contributed by atoms with Gasteiger partial charge in [0.15, 0.2) is 0 Å². The van der Waals surface area contributed by atoms with E-state index in [0.29, 0.717) is 6.54 Å². The molecule has 1 amide bonds. The van der Waals surface area contributed by atoms with Gasteiger partial charge in [0.05, 0.1) is 6.54 Å². The third-order valence-electron chi connectivity index (χ3n) is 2.05. The zero-order valence-electron chi connectivity index (χ0n) is 8.19. The second kappa shape index (κ2) is 5.09. The molecule has 0 spiro atoms. The molecule has 1 N–H and O–H groups in total. The molecule has 0 saturated carbocycles. The van der Waals surface area contributed by atoms with Crippen molar-refractivity contribution in [2.24, 2.45) is 0 Å². The van der Waals surface area contributed by atoms with Crippen LogP contribution in [0.1, 0.15) is 5.56 Å². The van der Waals surface area contributed by atoms with Gasteiger partial charge in [0.1, 0.15) is 6.10 Å². The minimum Gasteiger partial charge on any atom is -0.444 e. The number of rotatable bonds is 2. The van der Waals surface area contributed by atoms with Crippen molar-refractivity contribution in [3.05, 3.63) is 35.9 Å². The summed E-state index contributed by atoms with van der Waals surface area (Å²) in [7, 11) is 0. The summed E-state index contributed by atoms with van der Waals surface area (Å²) < 4.78 is 5.02. The molecule has 0 aromatic heterocycles. The van der Waals surface area contributed by atoms with Crippen molar-refractivity contribution in [3.63, 3.8) is 0 Å². The largest absolute Gasteiger partial charge is 1.00 e. The van der Waals surface area contributed by atoms with Gasteiger partial charge in [-0.25, -0.2) is 4.79 Å². The number of hydrogen-bond acceptors (Lipinski definition) is 2. The number of hydrogen-bond donors (Lipinski definition) is 1. The fourth-order valence-corrected chi connectivity index (χ4v) is 1.42. The van der Waals surface area contributed by atoms with Crippen LogP contribution in [0.25, 0.3) is 0 Å². The summed E-state index contributed by atoms with van der Waals surface area (Å²) in [6, 6.07) is 10.0. The second-order valence-electron chi connectivity index (χ2n) is 3.10. The fraction of sp³-hybridized carbons (Fsp3) is 0.300. The average molecular weight is 184 g/mol. The van der Waals surface area contributed by atoms with E-state index in [9.17, 15) is 4.79 Å². The summed E-state index contributed by atoms with van der Waals surface area (Å²) in [6.45, 7) is 0.619. The Morgan fingerprint density at radius 2 is 2.07 bits per heavy atom. The van der Waals surface area contributed by atoms with Gasteiger partial charge >= 0.3 is 25.0 Å². The summed E-state index contributed by atoms with van der Waals surface area (Å²) >= 11 is 0. The Kier molecular flexibility index (Phi) is 4.06. The quantitative estimate of drug-likeness (QED) is 0.559. The zero-order chi connectivity index (χ0) is 9.10. The van der Waals surface area contributed by atoms with Gasteiger partial charge in [0.25, 0.3) is 0 Å². The molecule has 2 rings (SSSR count). The van der Waals surface area contributed by atoms with E-state index in [4.69, 9.17) is 4.74 Å². The predicted octanol–water partition coefficient (Wildman–Crippen LogP) is -1.66. The molecule has 1 atom stereocenters. The Hall–Kier alpha value is -0.913. The number of carbonyl (C=O) groups is 1. The van der Waals surface area contributed by atoms with Crippen LogP contribution in [0.2, 0.25) is 0 Å². The predicted molar refractivity (Wildman–Crippen MR) is 48.4 cm³/mol. The molecule has 1 unspecified atom stereocenters. The Bertz CT molecular complexity index is 302. The summed E-state index contributed by atoms with van der Waals surface area (Å²) in [6.07, 6.45) is 0.482. The number of amides is 1. The summed E-state index contributed by atoms with van der Waals surface area (Å²) in [4.78, 5) is 10.7. The van der Waals surface area contributed by atoms with E-state index >= 15 is 0 Å². The maximum absolute atomic E-state index is 10.7. The van der Waals surface area contributed by atoms with Crippen LogP contribution < -0.4 is 24.2 Å². The summed E-state index contributed by atoms with van der Waals surface area (Å²) in [5, 5.41) is 2.63. The Morgan fingerprint density at radius 1 is 1.36 bits per heavy atom. The van der Waals surface area contributed by atoms with Crippen molar-refractivity contribution < 1.29 is 28.4 Å². The average Bonchev–Trinajstić information content (AvgIpc) is 2.53. The van der Waals surface area contributed by atoms with E-state index in [-0.39, 0.29) is 31.1 Å². The first-order valence-electron chi connectivity index (χ1n) is 4.33. The molecule has 1 fully saturated rings. The van der Waals surface area contributed by atoms with Crippen LogP contribution in [0.5, 0.6) is 0 Å². The molecule has 1 saturated heterocycles. The Labute approximate surface area is 95.0 Å². The van der Waals surface area contributed by atoms with Crippen molar-refractivity contribution in [3.8, 4) is 0 Å². The van der Waals surface area contributed by atoms with E-state index in [0.717, 1.165) is 6.42 Å². The van der Waals surface area contributed by atoms with Gasteiger partial charge in [-0.3, -0.25) is 0 Å². The van der Waals surface area contributed by atoms with Crippen LogP contribution >= 0.6 is 0 Å². The Morgan fingerprint density at radius 3 is 2.64 bits per heavy atom. The van der Waals surface area contributed by atoms with Gasteiger partial charge in [-0.05, 0) is 5.56 Å². The van der Waals surface area contributed by atoms with Gasteiger partial charge < -0.3 is 10.1 Å². The van der Waals surface area contributed by atoms with E-state index in [1.54, 1.807) is 0 Å². The van der Waals surface area contributed by atoms with Crippen LogP contribution in [0.15, 0.2) is 30.3 Å². The molecular weight excluding hydrogens is 173 g/mol. The molecule has 0 aliphatic carbocycles. The van der Waals surface area contributed by atoms with Crippen LogP contribution in [0.4, 0.5) is 4.79 Å². The molecule has 1 aromatic rings. The van der Waals surface area contributed by atoms with Crippen LogP contribution in [-0.4, -0.2) is 18.7 Å². The number of benzene rings is 1. The van der Waals surface area contributed by atoms with Gasteiger partial charge in [0.2, 0.25) is 0 Å². The number of nitrogens with one attached hydrogen (secondary N) is 1. The minimum atomic E-state index is -0.305. The van der Waals surface area contributed by atoms with Gasteiger partial charge in [-0.1, -0.05) is 30.3 Å². The molecule has 68 valence electrons. The maximum Gasteiger partial charge on any atom is 1.00 e. The molecular formula is C10H11LiNO2+. The number of alkyl carbamates (subject to hydrolysis) is 1. The van der Waals surface area contributed by atoms with Crippen LogP contribution in [-0.2, 0) is 11.2 Å². The molecule has 1 aliphatic heterocycles. The molecule has 4 heteroatoms. The van der Waals surface area contributed by atoms with E-state index < -0.39 is 0 Å². The van der Waals surface area contributed by atoms with Crippen molar-refractivity contribution in [1.82, 2.24) is 5.32 Å². The van der Waals surface area contributed by atoms with Gasteiger partial charge in [-0.2, -0.15) is 0 Å². The minimum absolute atomic E-state index is 0. The number of carbonyl (C=O) groups excluding carboxylic acids is 1. The van der Waals surface area contributed by atoms with Crippen LogP contribution in [0, 0.1) is 0 Å². The summed E-state index contributed by atoms with van der Waals surface area (Å²) in [5.41, 5.74) is 1.20. The molecule has 0 radical (unpaired) electrons. The third-order valence-corrected chi connectivity index (χ3v) is 2.05.